The molecule has 2 aliphatic rings. The third-order valence-corrected chi connectivity index (χ3v) is 7.08. The van der Waals surface area contributed by atoms with E-state index in [1.807, 2.05) is 4.90 Å². The lowest BCUT2D eigenvalue weighted by atomic mass is 9.82. The number of rotatable bonds is 8. The van der Waals surface area contributed by atoms with Crippen LogP contribution in [0.25, 0.3) is 0 Å². The minimum absolute atomic E-state index is 0.0154. The summed E-state index contributed by atoms with van der Waals surface area (Å²) in [5.74, 6) is 0.136. The maximum Gasteiger partial charge on any atom is 0.410 e. The number of cyclic esters (lactones) is 1. The van der Waals surface area contributed by atoms with Gasteiger partial charge in [0.2, 0.25) is 0 Å². The van der Waals surface area contributed by atoms with Gasteiger partial charge in [0.15, 0.2) is 0 Å². The van der Waals surface area contributed by atoms with Crippen molar-refractivity contribution in [2.75, 3.05) is 19.4 Å². The van der Waals surface area contributed by atoms with Crippen molar-refractivity contribution in [1.29, 1.82) is 0 Å². The number of nitrogens with zero attached hydrogens (tertiary/aromatic N) is 1. The molecular weight excluding hydrogens is 409 g/mol. The topological polar surface area (TPSA) is 72.9 Å². The minimum Gasteiger partial charge on any atom is -0.438 e. The molecule has 0 bridgehead atoms. The van der Waals surface area contributed by atoms with Crippen molar-refractivity contribution in [1.82, 2.24) is 4.90 Å². The lowest BCUT2D eigenvalue weighted by Gasteiger charge is -2.45. The smallest absolute Gasteiger partial charge is 0.410 e. The van der Waals surface area contributed by atoms with Crippen LogP contribution in [-0.4, -0.2) is 44.9 Å². The van der Waals surface area contributed by atoms with Gasteiger partial charge >= 0.3 is 6.09 Å². The van der Waals surface area contributed by atoms with Gasteiger partial charge in [-0.15, -0.1) is 0 Å². The molecule has 1 aromatic rings. The van der Waals surface area contributed by atoms with Crippen LogP contribution in [0.5, 0.6) is 0 Å². The summed E-state index contributed by atoms with van der Waals surface area (Å²) < 4.78 is 46.8. The third kappa shape index (κ3) is 5.72. The van der Waals surface area contributed by atoms with Crippen molar-refractivity contribution >= 4 is 16.2 Å². The van der Waals surface area contributed by atoms with Crippen molar-refractivity contribution in [2.45, 2.75) is 69.9 Å². The Bertz CT molecular complexity index is 822. The molecule has 2 atom stereocenters. The number of carbonyl (C=O) groups excluding carboxylic acids is 1. The Morgan fingerprint density at radius 2 is 1.90 bits per heavy atom. The van der Waals surface area contributed by atoms with Gasteiger partial charge in [0.05, 0.1) is 12.9 Å². The second-order valence-corrected chi connectivity index (χ2v) is 10.2. The highest BCUT2D eigenvalue weighted by Crippen LogP contribution is 2.40. The number of hydrogen-bond donors (Lipinski definition) is 0. The zero-order chi connectivity index (χ0) is 21.8. The monoisotopic (exact) mass is 441 g/mol. The van der Waals surface area contributed by atoms with Crippen molar-refractivity contribution in [2.24, 2.45) is 5.92 Å². The number of benzene rings is 1. The molecule has 30 heavy (non-hydrogen) atoms. The summed E-state index contributed by atoms with van der Waals surface area (Å²) in [7, 11) is -3.53. The quantitative estimate of drug-likeness (QED) is 0.436. The van der Waals surface area contributed by atoms with Crippen molar-refractivity contribution in [3.05, 3.63) is 35.6 Å². The summed E-state index contributed by atoms with van der Waals surface area (Å²) in [6.07, 6.45) is 7.98. The average molecular weight is 442 g/mol. The molecule has 168 valence electrons. The van der Waals surface area contributed by atoms with Gasteiger partial charge in [-0.1, -0.05) is 31.4 Å². The van der Waals surface area contributed by atoms with Crippen LogP contribution < -0.4 is 0 Å². The van der Waals surface area contributed by atoms with E-state index in [-0.39, 0.29) is 24.6 Å². The fourth-order valence-electron chi connectivity index (χ4n) is 4.76. The molecule has 2 fully saturated rings. The molecule has 3 rings (SSSR count). The van der Waals surface area contributed by atoms with Crippen LogP contribution in [0.4, 0.5) is 9.18 Å². The lowest BCUT2D eigenvalue weighted by molar-refractivity contribution is -0.0728. The highest BCUT2D eigenvalue weighted by atomic mass is 32.2. The molecule has 6 nitrogen and oxygen atoms in total. The van der Waals surface area contributed by atoms with Crippen LogP contribution >= 0.6 is 0 Å². The Morgan fingerprint density at radius 1 is 1.23 bits per heavy atom. The molecule has 1 unspecified atom stereocenters. The number of ether oxygens (including phenoxy) is 1. The van der Waals surface area contributed by atoms with Crippen molar-refractivity contribution in [3.63, 3.8) is 0 Å². The van der Waals surface area contributed by atoms with E-state index in [2.05, 4.69) is 6.92 Å². The molecule has 0 radical (unpaired) electrons. The van der Waals surface area contributed by atoms with E-state index in [1.165, 1.54) is 31.4 Å². The number of amides is 1. The predicted molar refractivity (Wildman–Crippen MR) is 112 cm³/mol. The number of halogens is 1. The van der Waals surface area contributed by atoms with E-state index >= 15 is 0 Å². The van der Waals surface area contributed by atoms with E-state index in [4.69, 9.17) is 8.92 Å². The summed E-state index contributed by atoms with van der Waals surface area (Å²) in [5.41, 5.74) is -0.185. The summed E-state index contributed by atoms with van der Waals surface area (Å²) in [6.45, 7) is 2.67. The van der Waals surface area contributed by atoms with Gasteiger partial charge in [0, 0.05) is 19.0 Å². The maximum atomic E-state index is 13.5. The molecule has 1 saturated heterocycles. The van der Waals surface area contributed by atoms with Gasteiger partial charge in [0.25, 0.3) is 10.1 Å². The molecule has 1 heterocycles. The van der Waals surface area contributed by atoms with E-state index in [0.717, 1.165) is 24.7 Å². The molecule has 1 aliphatic heterocycles. The summed E-state index contributed by atoms with van der Waals surface area (Å²) in [5, 5.41) is 0. The van der Waals surface area contributed by atoms with Gasteiger partial charge in [-0.05, 0) is 56.2 Å². The summed E-state index contributed by atoms with van der Waals surface area (Å²) in [6, 6.07) is 6.11. The summed E-state index contributed by atoms with van der Waals surface area (Å²) >= 11 is 0. The first-order valence-corrected chi connectivity index (χ1v) is 12.6. The first-order chi connectivity index (χ1) is 14.2. The second kappa shape index (κ2) is 9.64. The predicted octanol–water partition coefficient (Wildman–Crippen LogP) is 4.59. The van der Waals surface area contributed by atoms with Gasteiger partial charge < -0.3 is 9.64 Å². The molecular formula is C22H32FNO5S. The first kappa shape index (κ1) is 23.0. The van der Waals surface area contributed by atoms with E-state index in [1.54, 1.807) is 12.1 Å². The summed E-state index contributed by atoms with van der Waals surface area (Å²) in [4.78, 5) is 14.9. The standard InChI is InChI=1S/C22H32FNO5S/c1-17(18-7-4-3-5-8-18)24-15-14-22(29-21(24)25,13-6-16-28-30(2,26)27)19-9-11-20(23)12-10-19/h9-12,17-18H,3-8,13-16H2,1-2H3/t17-,22?/m0/s1. The second-order valence-electron chi connectivity index (χ2n) is 8.58. The zero-order valence-electron chi connectivity index (χ0n) is 17.8. The Morgan fingerprint density at radius 3 is 2.50 bits per heavy atom. The number of hydrogen-bond acceptors (Lipinski definition) is 5. The minimum atomic E-state index is -3.53. The molecule has 0 aromatic heterocycles. The maximum absolute atomic E-state index is 13.5. The van der Waals surface area contributed by atoms with E-state index in [9.17, 15) is 17.6 Å². The van der Waals surface area contributed by atoms with Crippen LogP contribution in [0, 0.1) is 11.7 Å². The van der Waals surface area contributed by atoms with Crippen LogP contribution in [0.3, 0.4) is 0 Å². The molecule has 8 heteroatoms. The van der Waals surface area contributed by atoms with Crippen LogP contribution in [0.2, 0.25) is 0 Å². The fraction of sp³-hybridized carbons (Fsp3) is 0.682. The van der Waals surface area contributed by atoms with Gasteiger partial charge in [-0.25, -0.2) is 9.18 Å². The molecule has 0 spiro atoms. The van der Waals surface area contributed by atoms with Gasteiger partial charge in [-0.3, -0.25) is 4.18 Å². The van der Waals surface area contributed by atoms with E-state index < -0.39 is 15.7 Å². The fourth-order valence-corrected chi connectivity index (χ4v) is 5.18. The Balaban J connectivity index is 1.73. The highest BCUT2D eigenvalue weighted by Gasteiger charge is 2.44. The molecule has 1 saturated carbocycles. The van der Waals surface area contributed by atoms with Crippen LogP contribution in [0.15, 0.2) is 24.3 Å². The molecule has 1 aliphatic carbocycles. The first-order valence-electron chi connectivity index (χ1n) is 10.8. The molecule has 1 amide bonds. The normalized spacial score (nSPS) is 24.5. The van der Waals surface area contributed by atoms with E-state index in [0.29, 0.717) is 31.7 Å². The largest absolute Gasteiger partial charge is 0.438 e. The van der Waals surface area contributed by atoms with Gasteiger partial charge in [-0.2, -0.15) is 8.42 Å². The highest BCUT2D eigenvalue weighted by molar-refractivity contribution is 7.85. The van der Waals surface area contributed by atoms with Gasteiger partial charge in [0.1, 0.15) is 11.4 Å². The Hall–Kier alpha value is -1.67. The lowest BCUT2D eigenvalue weighted by Crippen LogP contribution is -2.53. The zero-order valence-corrected chi connectivity index (χ0v) is 18.6. The Labute approximate surface area is 178 Å². The SMILES string of the molecule is C[C@@H](C1CCCCC1)N1CCC(CCCOS(C)(=O)=O)(c2ccc(F)cc2)OC1=O. The molecule has 0 N–H and O–H groups in total. The average Bonchev–Trinajstić information content (AvgIpc) is 2.71. The number of carbonyl (C=O) groups is 1. The van der Waals surface area contributed by atoms with Crippen LogP contribution in [0.1, 0.15) is 63.9 Å². The molecule has 1 aromatic carbocycles. The van der Waals surface area contributed by atoms with Crippen molar-refractivity contribution in [3.8, 4) is 0 Å². The Kier molecular flexibility index (Phi) is 7.39. The van der Waals surface area contributed by atoms with Crippen molar-refractivity contribution < 1.29 is 26.5 Å². The van der Waals surface area contributed by atoms with Crippen LogP contribution in [-0.2, 0) is 24.6 Å². The third-order valence-electron chi connectivity index (χ3n) is 6.49.